The molecule has 2 aromatic heterocycles. The minimum Gasteiger partial charge on any atom is -0.290 e. The van der Waals surface area contributed by atoms with E-state index in [0.717, 1.165) is 5.69 Å². The summed E-state index contributed by atoms with van der Waals surface area (Å²) < 4.78 is 3.21. The molecule has 0 aliphatic carbocycles. The molecule has 0 radical (unpaired) electrons. The van der Waals surface area contributed by atoms with Crippen LogP contribution in [0.5, 0.6) is 0 Å². The van der Waals surface area contributed by atoms with E-state index in [0.29, 0.717) is 52.4 Å². The summed E-state index contributed by atoms with van der Waals surface area (Å²) in [5.41, 5.74) is 2.68. The first-order valence-corrected chi connectivity index (χ1v) is 12.4. The molecule has 2 amide bonds. The van der Waals surface area contributed by atoms with Crippen molar-refractivity contribution in [2.75, 3.05) is 19.3 Å². The fourth-order valence-corrected chi connectivity index (χ4v) is 4.88. The van der Waals surface area contributed by atoms with Gasteiger partial charge in [-0.1, -0.05) is 30.0 Å². The Morgan fingerprint density at radius 3 is 2.43 bits per heavy atom. The molecule has 0 N–H and O–H groups in total. The summed E-state index contributed by atoms with van der Waals surface area (Å²) in [5, 5.41) is 8.36. The van der Waals surface area contributed by atoms with Crippen LogP contribution in [0.4, 0.5) is 0 Å². The van der Waals surface area contributed by atoms with Crippen LogP contribution in [0.1, 0.15) is 32.8 Å². The van der Waals surface area contributed by atoms with Gasteiger partial charge in [-0.05, 0) is 49.9 Å². The Bertz CT molecular complexity index is 1510. The van der Waals surface area contributed by atoms with Crippen LogP contribution in [0.2, 0.25) is 0 Å². The SMILES string of the molecule is CSc1nc2cc(C(=O)N3CCCN3C(=O)c3cnn(-c4ccccc4)c3C)ccc2c(=O)n1C. The van der Waals surface area contributed by atoms with Gasteiger partial charge in [0.2, 0.25) is 0 Å². The van der Waals surface area contributed by atoms with Crippen molar-refractivity contribution in [3.8, 4) is 5.69 Å². The molecule has 4 aromatic rings. The molecular weight excluding hydrogens is 464 g/mol. The quantitative estimate of drug-likeness (QED) is 0.324. The van der Waals surface area contributed by atoms with Crippen molar-refractivity contribution in [2.24, 2.45) is 7.05 Å². The zero-order chi connectivity index (χ0) is 24.7. The predicted molar refractivity (Wildman–Crippen MR) is 134 cm³/mol. The third-order valence-corrected chi connectivity index (χ3v) is 6.94. The van der Waals surface area contributed by atoms with E-state index < -0.39 is 0 Å². The predicted octanol–water partition coefficient (Wildman–Crippen LogP) is 3.05. The summed E-state index contributed by atoms with van der Waals surface area (Å²) in [7, 11) is 1.68. The lowest BCUT2D eigenvalue weighted by Gasteiger charge is -2.28. The van der Waals surface area contributed by atoms with Gasteiger partial charge in [0.25, 0.3) is 17.4 Å². The number of aromatic nitrogens is 4. The average molecular weight is 489 g/mol. The molecule has 0 saturated carbocycles. The Balaban J connectivity index is 1.45. The second-order valence-electron chi connectivity index (χ2n) is 8.30. The molecule has 3 heterocycles. The summed E-state index contributed by atoms with van der Waals surface area (Å²) in [6.45, 7) is 2.70. The molecule has 10 heteroatoms. The van der Waals surface area contributed by atoms with Crippen molar-refractivity contribution in [1.82, 2.24) is 29.3 Å². The normalized spacial score (nSPS) is 13.6. The number of thioether (sulfide) groups is 1. The Labute approximate surface area is 205 Å². The third kappa shape index (κ3) is 3.89. The molecule has 5 rings (SSSR count). The minimum absolute atomic E-state index is 0.165. The van der Waals surface area contributed by atoms with Crippen molar-refractivity contribution < 1.29 is 9.59 Å². The van der Waals surface area contributed by atoms with Gasteiger partial charge >= 0.3 is 0 Å². The van der Waals surface area contributed by atoms with Crippen molar-refractivity contribution >= 4 is 34.5 Å². The lowest BCUT2D eigenvalue weighted by molar-refractivity contribution is 0.0185. The van der Waals surface area contributed by atoms with Crippen LogP contribution in [-0.4, -0.2) is 60.5 Å². The first kappa shape index (κ1) is 22.9. The Hall–Kier alpha value is -3.92. The van der Waals surface area contributed by atoms with E-state index in [1.165, 1.54) is 26.3 Å². The van der Waals surface area contributed by atoms with Gasteiger partial charge in [0.15, 0.2) is 5.16 Å². The number of carbonyl (C=O) groups is 2. The summed E-state index contributed by atoms with van der Waals surface area (Å²) in [6.07, 6.45) is 4.07. The summed E-state index contributed by atoms with van der Waals surface area (Å²) in [6, 6.07) is 14.4. The van der Waals surface area contributed by atoms with Gasteiger partial charge in [-0.3, -0.25) is 19.0 Å². The number of amides is 2. The molecule has 0 spiro atoms. The fourth-order valence-electron chi connectivity index (χ4n) is 4.34. The van der Waals surface area contributed by atoms with Crippen LogP contribution in [0.3, 0.4) is 0 Å². The van der Waals surface area contributed by atoms with Crippen LogP contribution < -0.4 is 5.56 Å². The second-order valence-corrected chi connectivity index (χ2v) is 9.07. The number of hydrogen-bond donors (Lipinski definition) is 0. The van der Waals surface area contributed by atoms with Gasteiger partial charge < -0.3 is 0 Å². The van der Waals surface area contributed by atoms with Crippen molar-refractivity contribution in [2.45, 2.75) is 18.5 Å². The maximum Gasteiger partial charge on any atom is 0.275 e. The number of rotatable bonds is 4. The van der Waals surface area contributed by atoms with Crippen LogP contribution in [0.25, 0.3) is 16.6 Å². The zero-order valence-corrected chi connectivity index (χ0v) is 20.5. The van der Waals surface area contributed by atoms with Gasteiger partial charge in [-0.2, -0.15) is 5.10 Å². The van der Waals surface area contributed by atoms with Crippen molar-refractivity contribution in [3.63, 3.8) is 0 Å². The molecular formula is C25H24N6O3S. The number of hydrazine groups is 1. The first-order valence-electron chi connectivity index (χ1n) is 11.2. The molecule has 0 bridgehead atoms. The van der Waals surface area contributed by atoms with Gasteiger partial charge in [-0.25, -0.2) is 19.7 Å². The lowest BCUT2D eigenvalue weighted by Crippen LogP contribution is -2.45. The largest absolute Gasteiger partial charge is 0.290 e. The summed E-state index contributed by atoms with van der Waals surface area (Å²) >= 11 is 1.36. The third-order valence-electron chi connectivity index (χ3n) is 6.21. The van der Waals surface area contributed by atoms with E-state index in [2.05, 4.69) is 10.1 Å². The highest BCUT2D eigenvalue weighted by Gasteiger charge is 2.33. The average Bonchev–Trinajstić information content (AvgIpc) is 3.52. The standard InChI is InChI=1S/C25H24N6O3S/c1-16-20(15-26-31(16)18-8-5-4-6-9-18)24(34)30-13-7-12-29(30)22(32)17-10-11-19-21(14-17)27-25(35-3)28(2)23(19)33/h4-6,8-11,14-15H,7,12-13H2,1-3H3. The van der Waals surface area contributed by atoms with E-state index in [-0.39, 0.29) is 17.4 Å². The molecule has 1 saturated heterocycles. The van der Waals surface area contributed by atoms with Crippen molar-refractivity contribution in [1.29, 1.82) is 0 Å². The van der Waals surface area contributed by atoms with Crippen LogP contribution in [0, 0.1) is 6.92 Å². The molecule has 0 unspecified atom stereocenters. The number of carbonyl (C=O) groups excluding carboxylic acids is 2. The molecule has 2 aromatic carbocycles. The topological polar surface area (TPSA) is 93.3 Å². The van der Waals surface area contributed by atoms with Crippen LogP contribution >= 0.6 is 11.8 Å². The molecule has 35 heavy (non-hydrogen) atoms. The van der Waals surface area contributed by atoms with E-state index in [1.807, 2.05) is 43.5 Å². The maximum atomic E-state index is 13.5. The molecule has 1 aliphatic rings. The van der Waals surface area contributed by atoms with E-state index in [4.69, 9.17) is 0 Å². The second kappa shape index (κ2) is 9.03. The van der Waals surface area contributed by atoms with E-state index in [1.54, 1.807) is 36.1 Å². The Morgan fingerprint density at radius 2 is 1.71 bits per heavy atom. The minimum atomic E-state index is -0.306. The highest BCUT2D eigenvalue weighted by Crippen LogP contribution is 2.23. The lowest BCUT2D eigenvalue weighted by atomic mass is 10.1. The van der Waals surface area contributed by atoms with Crippen molar-refractivity contribution in [3.05, 3.63) is 81.9 Å². The summed E-state index contributed by atoms with van der Waals surface area (Å²) in [5.74, 6) is -0.577. The Morgan fingerprint density at radius 1 is 1.00 bits per heavy atom. The molecule has 9 nitrogen and oxygen atoms in total. The van der Waals surface area contributed by atoms with E-state index in [9.17, 15) is 14.4 Å². The highest BCUT2D eigenvalue weighted by atomic mass is 32.2. The number of para-hydroxylation sites is 1. The molecule has 1 aliphatic heterocycles. The Kier molecular flexibility index (Phi) is 5.89. The van der Waals surface area contributed by atoms with E-state index >= 15 is 0 Å². The molecule has 178 valence electrons. The van der Waals surface area contributed by atoms with Crippen LogP contribution in [-0.2, 0) is 7.05 Å². The molecule has 0 atom stereocenters. The number of hydrogen-bond acceptors (Lipinski definition) is 6. The fraction of sp³-hybridized carbons (Fsp3) is 0.240. The smallest absolute Gasteiger partial charge is 0.275 e. The van der Waals surface area contributed by atoms with Gasteiger partial charge in [0.1, 0.15) is 0 Å². The summed E-state index contributed by atoms with van der Waals surface area (Å²) in [4.78, 5) is 44.1. The van der Waals surface area contributed by atoms with Gasteiger partial charge in [0, 0.05) is 25.7 Å². The highest BCUT2D eigenvalue weighted by molar-refractivity contribution is 7.98. The van der Waals surface area contributed by atoms with Gasteiger partial charge in [0.05, 0.1) is 34.0 Å². The maximum absolute atomic E-state index is 13.5. The van der Waals surface area contributed by atoms with Gasteiger partial charge in [-0.15, -0.1) is 0 Å². The monoisotopic (exact) mass is 488 g/mol. The zero-order valence-electron chi connectivity index (χ0n) is 19.6. The van der Waals surface area contributed by atoms with Crippen LogP contribution in [0.15, 0.2) is 64.7 Å². The number of fused-ring (bicyclic) bond motifs is 1. The number of nitrogens with zero attached hydrogens (tertiary/aromatic N) is 6. The number of benzene rings is 2. The first-order chi connectivity index (χ1) is 16.9. The molecule has 1 fully saturated rings.